The van der Waals surface area contributed by atoms with Crippen molar-refractivity contribution in [1.82, 2.24) is 9.62 Å². The molecular formula is C13H24N4O2S. The summed E-state index contributed by atoms with van der Waals surface area (Å²) in [7, 11) is 1.92. The Kier molecular flexibility index (Phi) is 5.79. The monoisotopic (exact) mass is 300 g/mol. The van der Waals surface area contributed by atoms with E-state index >= 15 is 0 Å². The molecule has 1 rings (SSSR count). The van der Waals surface area contributed by atoms with Gasteiger partial charge in [0.05, 0.1) is 5.69 Å². The fourth-order valence-electron chi connectivity index (χ4n) is 1.80. The third kappa shape index (κ3) is 4.66. The van der Waals surface area contributed by atoms with Crippen molar-refractivity contribution >= 4 is 21.4 Å². The fraction of sp³-hybridized carbons (Fsp3) is 0.538. The number of nitrogen functional groups attached to an aromatic ring is 1. The molecule has 0 bridgehead atoms. The first-order valence-corrected chi connectivity index (χ1v) is 7.99. The van der Waals surface area contributed by atoms with E-state index in [1.54, 1.807) is 12.1 Å². The minimum absolute atomic E-state index is 0.103. The number of nitrogens with two attached hydrogens (primary N) is 1. The average molecular weight is 300 g/mol. The molecule has 1 aromatic rings. The van der Waals surface area contributed by atoms with Crippen LogP contribution in [0.3, 0.4) is 0 Å². The number of rotatable bonds is 7. The zero-order chi connectivity index (χ0) is 15.3. The molecule has 0 aromatic heterocycles. The summed E-state index contributed by atoms with van der Waals surface area (Å²) in [6.07, 6.45) is 0.990. The van der Waals surface area contributed by atoms with Gasteiger partial charge in [0.2, 0.25) is 10.0 Å². The number of nitrogens with one attached hydrogen (secondary N) is 2. The maximum atomic E-state index is 11.7. The van der Waals surface area contributed by atoms with E-state index < -0.39 is 10.0 Å². The van der Waals surface area contributed by atoms with Crippen molar-refractivity contribution in [2.75, 3.05) is 38.7 Å². The highest BCUT2D eigenvalue weighted by molar-refractivity contribution is 7.89. The predicted molar refractivity (Wildman–Crippen MR) is 83.4 cm³/mol. The van der Waals surface area contributed by atoms with Gasteiger partial charge in [-0.25, -0.2) is 13.1 Å². The van der Waals surface area contributed by atoms with Gasteiger partial charge in [-0.3, -0.25) is 0 Å². The molecule has 20 heavy (non-hydrogen) atoms. The Balaban J connectivity index is 2.78. The molecule has 4 N–H and O–H groups in total. The Hall–Kier alpha value is -1.31. The second kappa shape index (κ2) is 6.92. The van der Waals surface area contributed by atoms with Crippen molar-refractivity contribution in [3.63, 3.8) is 0 Å². The number of hydrogen-bond donors (Lipinski definition) is 3. The van der Waals surface area contributed by atoms with Gasteiger partial charge in [-0.1, -0.05) is 0 Å². The third-order valence-corrected chi connectivity index (χ3v) is 4.48. The molecule has 0 amide bonds. The average Bonchev–Trinajstić information content (AvgIpc) is 2.36. The van der Waals surface area contributed by atoms with E-state index in [-0.39, 0.29) is 16.6 Å². The summed E-state index contributed by atoms with van der Waals surface area (Å²) in [5, 5.41) is 3.31. The van der Waals surface area contributed by atoms with Crippen LogP contribution in [0.1, 0.15) is 13.3 Å². The Morgan fingerprint density at radius 2 is 2.00 bits per heavy atom. The lowest BCUT2D eigenvalue weighted by Gasteiger charge is -2.18. The van der Waals surface area contributed by atoms with Gasteiger partial charge in [0, 0.05) is 11.7 Å². The molecule has 114 valence electrons. The molecule has 0 aliphatic heterocycles. The molecule has 0 fully saturated rings. The van der Waals surface area contributed by atoms with Gasteiger partial charge < -0.3 is 16.0 Å². The van der Waals surface area contributed by atoms with Crippen molar-refractivity contribution in [3.05, 3.63) is 18.2 Å². The Labute approximate surface area is 121 Å². The van der Waals surface area contributed by atoms with Gasteiger partial charge in [-0.15, -0.1) is 0 Å². The normalized spacial score (nSPS) is 13.4. The maximum absolute atomic E-state index is 11.7. The van der Waals surface area contributed by atoms with Crippen molar-refractivity contribution in [2.45, 2.75) is 24.3 Å². The molecule has 0 heterocycles. The van der Waals surface area contributed by atoms with E-state index in [4.69, 9.17) is 5.73 Å². The van der Waals surface area contributed by atoms with E-state index in [0.717, 1.165) is 18.7 Å². The molecule has 1 atom stereocenters. The minimum atomic E-state index is -3.51. The third-order valence-electron chi connectivity index (χ3n) is 2.99. The zero-order valence-corrected chi connectivity index (χ0v) is 13.3. The number of nitrogens with zero attached hydrogens (tertiary/aromatic N) is 1. The summed E-state index contributed by atoms with van der Waals surface area (Å²) < 4.78 is 25.7. The predicted octanol–water partition coefficient (Wildman–Crippen LogP) is 0.929. The van der Waals surface area contributed by atoms with Gasteiger partial charge in [-0.05, 0) is 59.2 Å². The molecule has 1 aromatic carbocycles. The molecule has 0 aliphatic carbocycles. The SMILES string of the molecule is CNS(=O)(=O)c1ccc(NC(C)CCN(C)C)cc1N. The quantitative estimate of drug-likeness (QED) is 0.652. The van der Waals surface area contributed by atoms with Gasteiger partial charge in [-0.2, -0.15) is 0 Å². The van der Waals surface area contributed by atoms with Crippen LogP contribution in [-0.4, -0.2) is 47.0 Å². The summed E-state index contributed by atoms with van der Waals surface area (Å²) in [6, 6.07) is 5.18. The summed E-state index contributed by atoms with van der Waals surface area (Å²) >= 11 is 0. The van der Waals surface area contributed by atoms with Crippen LogP contribution in [0.5, 0.6) is 0 Å². The molecular weight excluding hydrogens is 276 g/mol. The van der Waals surface area contributed by atoms with E-state index in [2.05, 4.69) is 21.9 Å². The van der Waals surface area contributed by atoms with Crippen LogP contribution in [0.15, 0.2) is 23.1 Å². The highest BCUT2D eigenvalue weighted by Gasteiger charge is 2.15. The molecule has 1 unspecified atom stereocenters. The second-order valence-electron chi connectivity index (χ2n) is 5.10. The van der Waals surface area contributed by atoms with Crippen molar-refractivity contribution in [2.24, 2.45) is 0 Å². The molecule has 0 saturated heterocycles. The molecule has 0 spiro atoms. The topological polar surface area (TPSA) is 87.5 Å². The largest absolute Gasteiger partial charge is 0.398 e. The van der Waals surface area contributed by atoms with Crippen LogP contribution < -0.4 is 15.8 Å². The summed E-state index contributed by atoms with van der Waals surface area (Å²) in [4.78, 5) is 2.22. The molecule has 0 aliphatic rings. The smallest absolute Gasteiger partial charge is 0.242 e. The number of hydrogen-bond acceptors (Lipinski definition) is 5. The van der Waals surface area contributed by atoms with Crippen LogP contribution in [-0.2, 0) is 10.0 Å². The summed E-state index contributed by atoms with van der Waals surface area (Å²) in [5.41, 5.74) is 6.88. The second-order valence-corrected chi connectivity index (χ2v) is 6.95. The zero-order valence-electron chi connectivity index (χ0n) is 12.5. The lowest BCUT2D eigenvalue weighted by Crippen LogP contribution is -2.23. The first-order valence-electron chi connectivity index (χ1n) is 6.50. The van der Waals surface area contributed by atoms with Crippen LogP contribution in [0.4, 0.5) is 11.4 Å². The number of anilines is 2. The summed E-state index contributed by atoms with van der Waals surface area (Å²) in [6.45, 7) is 3.06. The van der Waals surface area contributed by atoms with Crippen LogP contribution in [0, 0.1) is 0 Å². The first kappa shape index (κ1) is 16.7. The Bertz CT molecular complexity index is 543. The van der Waals surface area contributed by atoms with Crippen LogP contribution >= 0.6 is 0 Å². The molecule has 6 nitrogen and oxygen atoms in total. The van der Waals surface area contributed by atoms with Gasteiger partial charge in [0.25, 0.3) is 0 Å². The minimum Gasteiger partial charge on any atom is -0.398 e. The van der Waals surface area contributed by atoms with Gasteiger partial charge >= 0.3 is 0 Å². The highest BCUT2D eigenvalue weighted by atomic mass is 32.2. The van der Waals surface area contributed by atoms with E-state index in [1.807, 2.05) is 14.1 Å². The lowest BCUT2D eigenvalue weighted by atomic mass is 10.2. The number of benzene rings is 1. The fourth-order valence-corrected chi connectivity index (χ4v) is 2.64. The molecule has 0 saturated carbocycles. The maximum Gasteiger partial charge on any atom is 0.242 e. The highest BCUT2D eigenvalue weighted by Crippen LogP contribution is 2.22. The number of sulfonamides is 1. The van der Waals surface area contributed by atoms with Crippen LogP contribution in [0.2, 0.25) is 0 Å². The van der Waals surface area contributed by atoms with Crippen molar-refractivity contribution in [3.8, 4) is 0 Å². The Morgan fingerprint density at radius 3 is 2.50 bits per heavy atom. The van der Waals surface area contributed by atoms with E-state index in [0.29, 0.717) is 0 Å². The first-order chi connectivity index (χ1) is 9.26. The van der Waals surface area contributed by atoms with E-state index in [1.165, 1.54) is 13.1 Å². The standard InChI is InChI=1S/C13H24N4O2S/c1-10(7-8-17(3)4)16-11-5-6-13(12(14)9-11)20(18,19)15-2/h5-6,9-10,15-16H,7-8,14H2,1-4H3. The van der Waals surface area contributed by atoms with Gasteiger partial charge in [0.15, 0.2) is 0 Å². The summed E-state index contributed by atoms with van der Waals surface area (Å²) in [5.74, 6) is 0. The van der Waals surface area contributed by atoms with E-state index in [9.17, 15) is 8.42 Å². The van der Waals surface area contributed by atoms with Gasteiger partial charge in [0.1, 0.15) is 4.90 Å². The van der Waals surface area contributed by atoms with Crippen LogP contribution in [0.25, 0.3) is 0 Å². The lowest BCUT2D eigenvalue weighted by molar-refractivity contribution is 0.390. The van der Waals surface area contributed by atoms with Crippen molar-refractivity contribution in [1.29, 1.82) is 0 Å². The van der Waals surface area contributed by atoms with Crippen molar-refractivity contribution < 1.29 is 8.42 Å². The Morgan fingerprint density at radius 1 is 1.35 bits per heavy atom. The molecule has 0 radical (unpaired) electrons. The molecule has 7 heteroatoms.